The van der Waals surface area contributed by atoms with Crippen LogP contribution in [0.2, 0.25) is 0 Å². The molecule has 1 saturated heterocycles. The molecule has 0 aromatic carbocycles. The normalized spacial score (nSPS) is 18.4. The molecule has 0 bridgehead atoms. The highest BCUT2D eigenvalue weighted by Gasteiger charge is 2.38. The van der Waals surface area contributed by atoms with Crippen LogP contribution >= 0.6 is 0 Å². The van der Waals surface area contributed by atoms with Crippen LogP contribution in [0.25, 0.3) is 0 Å². The first-order valence-electron chi connectivity index (χ1n) is 7.40. The Morgan fingerprint density at radius 3 is 2.77 bits per heavy atom. The van der Waals surface area contributed by atoms with Gasteiger partial charge in [0.2, 0.25) is 5.91 Å². The Labute approximate surface area is 129 Å². The molecular formula is C14H23N5O3. The Morgan fingerprint density at radius 1 is 1.45 bits per heavy atom. The number of hydrogen-bond donors (Lipinski definition) is 3. The van der Waals surface area contributed by atoms with Crippen LogP contribution in [0.3, 0.4) is 0 Å². The highest BCUT2D eigenvalue weighted by Crippen LogP contribution is 2.29. The van der Waals surface area contributed by atoms with Gasteiger partial charge in [-0.25, -0.2) is 9.78 Å². The fourth-order valence-electron chi connectivity index (χ4n) is 2.55. The molecule has 8 heteroatoms. The Hall–Kier alpha value is -2.09. The molecule has 122 valence electrons. The number of nitrogens with zero attached hydrogens (tertiary/aromatic N) is 2. The van der Waals surface area contributed by atoms with Crippen LogP contribution in [0.4, 0.5) is 4.79 Å². The minimum absolute atomic E-state index is 0.0617. The SMILES string of the molecule is C[C@@H](Cn1ccnc1)NC(=O)NCC1(C(N)=O)CCOCC1. The Bertz CT molecular complexity index is 497. The van der Waals surface area contributed by atoms with E-state index in [-0.39, 0.29) is 24.5 Å². The minimum Gasteiger partial charge on any atom is -0.381 e. The van der Waals surface area contributed by atoms with Gasteiger partial charge in [-0.05, 0) is 19.8 Å². The predicted molar refractivity (Wildman–Crippen MR) is 79.9 cm³/mol. The number of ether oxygens (including phenoxy) is 1. The number of hydrogen-bond acceptors (Lipinski definition) is 4. The van der Waals surface area contributed by atoms with Gasteiger partial charge in [0.15, 0.2) is 0 Å². The molecule has 0 unspecified atom stereocenters. The second kappa shape index (κ2) is 7.26. The van der Waals surface area contributed by atoms with E-state index in [9.17, 15) is 9.59 Å². The van der Waals surface area contributed by atoms with Gasteiger partial charge in [-0.2, -0.15) is 0 Å². The van der Waals surface area contributed by atoms with E-state index in [0.717, 1.165) is 0 Å². The molecule has 4 N–H and O–H groups in total. The van der Waals surface area contributed by atoms with Crippen molar-refractivity contribution in [3.05, 3.63) is 18.7 Å². The van der Waals surface area contributed by atoms with Gasteiger partial charge in [-0.15, -0.1) is 0 Å². The molecule has 1 atom stereocenters. The van der Waals surface area contributed by atoms with Gasteiger partial charge in [-0.3, -0.25) is 4.79 Å². The number of nitrogens with two attached hydrogens (primary N) is 1. The van der Waals surface area contributed by atoms with E-state index in [2.05, 4.69) is 15.6 Å². The summed E-state index contributed by atoms with van der Waals surface area (Å²) in [4.78, 5) is 27.6. The Balaban J connectivity index is 1.79. The summed E-state index contributed by atoms with van der Waals surface area (Å²) in [5.41, 5.74) is 4.80. The lowest BCUT2D eigenvalue weighted by Gasteiger charge is -2.34. The summed E-state index contributed by atoms with van der Waals surface area (Å²) in [5.74, 6) is -0.387. The van der Waals surface area contributed by atoms with Gasteiger partial charge in [0, 0.05) is 44.7 Å². The van der Waals surface area contributed by atoms with Crippen LogP contribution in [0.15, 0.2) is 18.7 Å². The minimum atomic E-state index is -0.705. The molecule has 1 aromatic heterocycles. The number of primary amides is 1. The number of nitrogens with one attached hydrogen (secondary N) is 2. The topological polar surface area (TPSA) is 111 Å². The lowest BCUT2D eigenvalue weighted by molar-refractivity contribution is -0.132. The summed E-state index contributed by atoms with van der Waals surface area (Å²) < 4.78 is 7.14. The summed E-state index contributed by atoms with van der Waals surface area (Å²) in [7, 11) is 0. The molecule has 1 aliphatic heterocycles. The monoisotopic (exact) mass is 309 g/mol. The number of urea groups is 1. The van der Waals surface area contributed by atoms with Crippen molar-refractivity contribution in [2.75, 3.05) is 19.8 Å². The predicted octanol–water partition coefficient (Wildman–Crippen LogP) is -0.147. The van der Waals surface area contributed by atoms with Crippen molar-refractivity contribution >= 4 is 11.9 Å². The van der Waals surface area contributed by atoms with Crippen LogP contribution < -0.4 is 16.4 Å². The van der Waals surface area contributed by atoms with Crippen molar-refractivity contribution in [1.82, 2.24) is 20.2 Å². The number of carbonyl (C=O) groups is 2. The first kappa shape index (κ1) is 16.3. The number of carbonyl (C=O) groups excluding carboxylic acids is 2. The van der Waals surface area contributed by atoms with Crippen molar-refractivity contribution in [1.29, 1.82) is 0 Å². The van der Waals surface area contributed by atoms with E-state index in [1.54, 1.807) is 12.5 Å². The third kappa shape index (κ3) is 4.20. The smallest absolute Gasteiger partial charge is 0.315 e. The van der Waals surface area contributed by atoms with Crippen molar-refractivity contribution < 1.29 is 14.3 Å². The lowest BCUT2D eigenvalue weighted by Crippen LogP contribution is -2.52. The molecule has 0 radical (unpaired) electrons. The number of imidazole rings is 1. The summed E-state index contributed by atoms with van der Waals surface area (Å²) >= 11 is 0. The van der Waals surface area contributed by atoms with Gasteiger partial charge in [-0.1, -0.05) is 0 Å². The third-order valence-electron chi connectivity index (χ3n) is 3.98. The van der Waals surface area contributed by atoms with Crippen molar-refractivity contribution in [3.8, 4) is 0 Å². The van der Waals surface area contributed by atoms with Crippen LogP contribution in [0.5, 0.6) is 0 Å². The standard InChI is InChI=1S/C14H23N5O3/c1-11(8-19-5-4-16-10-19)18-13(21)17-9-14(12(15)20)2-6-22-7-3-14/h4-5,10-11H,2-3,6-9H2,1H3,(H2,15,20)(H2,17,18,21)/t11-/m0/s1. The summed E-state index contributed by atoms with van der Waals surface area (Å²) in [5, 5.41) is 5.59. The van der Waals surface area contributed by atoms with Crippen molar-refractivity contribution in [2.45, 2.75) is 32.4 Å². The maximum atomic E-state index is 12.0. The van der Waals surface area contributed by atoms with E-state index in [1.165, 1.54) is 0 Å². The molecular weight excluding hydrogens is 286 g/mol. The molecule has 2 rings (SSSR count). The van der Waals surface area contributed by atoms with Crippen LogP contribution in [0.1, 0.15) is 19.8 Å². The van der Waals surface area contributed by atoms with Crippen molar-refractivity contribution in [3.63, 3.8) is 0 Å². The van der Waals surface area contributed by atoms with Gasteiger partial charge >= 0.3 is 6.03 Å². The average Bonchev–Trinajstić information content (AvgIpc) is 2.98. The molecule has 22 heavy (non-hydrogen) atoms. The van der Waals surface area contributed by atoms with E-state index < -0.39 is 5.41 Å². The second-order valence-electron chi connectivity index (χ2n) is 5.74. The zero-order valence-electron chi connectivity index (χ0n) is 12.7. The Kier molecular flexibility index (Phi) is 5.37. The molecule has 0 saturated carbocycles. The molecule has 3 amide bonds. The molecule has 1 fully saturated rings. The highest BCUT2D eigenvalue weighted by molar-refractivity contribution is 5.82. The maximum Gasteiger partial charge on any atom is 0.315 e. The van der Waals surface area contributed by atoms with E-state index in [0.29, 0.717) is 32.6 Å². The third-order valence-corrected chi connectivity index (χ3v) is 3.98. The first-order chi connectivity index (χ1) is 10.5. The number of aromatic nitrogens is 2. The molecule has 0 aliphatic carbocycles. The summed E-state index contributed by atoms with van der Waals surface area (Å²) in [6.07, 6.45) is 6.29. The van der Waals surface area contributed by atoms with Gasteiger partial charge in [0.1, 0.15) is 0 Å². The quantitative estimate of drug-likeness (QED) is 0.678. The lowest BCUT2D eigenvalue weighted by atomic mass is 9.79. The van der Waals surface area contributed by atoms with Crippen LogP contribution in [-0.4, -0.2) is 47.3 Å². The van der Waals surface area contributed by atoms with E-state index in [4.69, 9.17) is 10.5 Å². The zero-order valence-corrected chi connectivity index (χ0v) is 12.7. The van der Waals surface area contributed by atoms with Crippen LogP contribution in [-0.2, 0) is 16.1 Å². The second-order valence-corrected chi connectivity index (χ2v) is 5.74. The maximum absolute atomic E-state index is 12.0. The number of rotatable bonds is 6. The van der Waals surface area contributed by atoms with E-state index in [1.807, 2.05) is 17.7 Å². The molecule has 8 nitrogen and oxygen atoms in total. The molecule has 0 spiro atoms. The zero-order chi connectivity index (χ0) is 16.0. The van der Waals surface area contributed by atoms with Gasteiger partial charge in [0.05, 0.1) is 11.7 Å². The molecule has 2 heterocycles. The average molecular weight is 309 g/mol. The highest BCUT2D eigenvalue weighted by atomic mass is 16.5. The molecule has 1 aromatic rings. The number of amides is 3. The largest absolute Gasteiger partial charge is 0.381 e. The Morgan fingerprint density at radius 2 is 2.18 bits per heavy atom. The summed E-state index contributed by atoms with van der Waals surface area (Å²) in [6, 6.07) is -0.367. The fraction of sp³-hybridized carbons (Fsp3) is 0.643. The fourth-order valence-corrected chi connectivity index (χ4v) is 2.55. The van der Waals surface area contributed by atoms with Crippen LogP contribution in [0, 0.1) is 5.41 Å². The first-order valence-corrected chi connectivity index (χ1v) is 7.40. The van der Waals surface area contributed by atoms with E-state index >= 15 is 0 Å². The van der Waals surface area contributed by atoms with Gasteiger partial charge in [0.25, 0.3) is 0 Å². The summed E-state index contributed by atoms with van der Waals surface area (Å²) in [6.45, 7) is 3.74. The van der Waals surface area contributed by atoms with Crippen molar-refractivity contribution in [2.24, 2.45) is 11.1 Å². The van der Waals surface area contributed by atoms with Gasteiger partial charge < -0.3 is 25.7 Å². The molecule has 1 aliphatic rings.